The second-order valence-electron chi connectivity index (χ2n) is 4.17. The molecule has 0 spiro atoms. The normalized spacial score (nSPS) is 16.5. The minimum Gasteiger partial charge on any atom is -0.391 e. The zero-order valence-electron chi connectivity index (χ0n) is 9.90. The standard InChI is InChI=1S/C11H19N3O2/c1-7(11-12-4-5-13-11)6-10(16)8(2)14-9(3)15/h4-5,7-8,10,16H,6H2,1-3H3,(H,12,13)(H,14,15). The summed E-state index contributed by atoms with van der Waals surface area (Å²) in [7, 11) is 0. The van der Waals surface area contributed by atoms with Crippen LogP contribution in [-0.2, 0) is 4.79 Å². The molecular formula is C11H19N3O2. The molecule has 1 aromatic heterocycles. The molecule has 3 atom stereocenters. The molecule has 90 valence electrons. The molecule has 0 bridgehead atoms. The Labute approximate surface area is 95.3 Å². The lowest BCUT2D eigenvalue weighted by atomic mass is 9.99. The first-order chi connectivity index (χ1) is 7.50. The van der Waals surface area contributed by atoms with Crippen molar-refractivity contribution in [3.05, 3.63) is 18.2 Å². The van der Waals surface area contributed by atoms with Crippen molar-refractivity contribution in [2.24, 2.45) is 0 Å². The molecule has 5 heteroatoms. The highest BCUT2D eigenvalue weighted by Crippen LogP contribution is 2.17. The number of amides is 1. The first-order valence-electron chi connectivity index (χ1n) is 5.45. The Balaban J connectivity index is 2.44. The van der Waals surface area contributed by atoms with E-state index >= 15 is 0 Å². The molecule has 16 heavy (non-hydrogen) atoms. The number of nitrogens with one attached hydrogen (secondary N) is 2. The van der Waals surface area contributed by atoms with Gasteiger partial charge < -0.3 is 15.4 Å². The molecule has 0 saturated heterocycles. The van der Waals surface area contributed by atoms with E-state index in [0.29, 0.717) is 6.42 Å². The largest absolute Gasteiger partial charge is 0.391 e. The Morgan fingerprint density at radius 2 is 2.31 bits per heavy atom. The van der Waals surface area contributed by atoms with Gasteiger partial charge in [-0.3, -0.25) is 4.79 Å². The highest BCUT2D eigenvalue weighted by molar-refractivity contribution is 5.73. The van der Waals surface area contributed by atoms with E-state index in [-0.39, 0.29) is 17.9 Å². The minimum absolute atomic E-state index is 0.128. The molecule has 0 aromatic carbocycles. The second kappa shape index (κ2) is 5.65. The van der Waals surface area contributed by atoms with Crippen LogP contribution in [0.1, 0.15) is 38.9 Å². The van der Waals surface area contributed by atoms with Crippen LogP contribution in [0.5, 0.6) is 0 Å². The molecule has 1 heterocycles. The predicted octanol–water partition coefficient (Wildman–Crippen LogP) is 0.789. The number of hydrogen-bond donors (Lipinski definition) is 3. The van der Waals surface area contributed by atoms with E-state index in [1.807, 2.05) is 6.92 Å². The molecule has 0 aliphatic rings. The summed E-state index contributed by atoms with van der Waals surface area (Å²) in [6.07, 6.45) is 3.45. The van der Waals surface area contributed by atoms with Crippen LogP contribution in [0.2, 0.25) is 0 Å². The van der Waals surface area contributed by atoms with Crippen molar-refractivity contribution in [1.82, 2.24) is 15.3 Å². The van der Waals surface area contributed by atoms with Crippen molar-refractivity contribution < 1.29 is 9.90 Å². The number of rotatable bonds is 5. The lowest BCUT2D eigenvalue weighted by Gasteiger charge is -2.21. The van der Waals surface area contributed by atoms with E-state index < -0.39 is 6.10 Å². The number of aromatic nitrogens is 2. The maximum absolute atomic E-state index is 10.8. The molecule has 1 amide bonds. The molecule has 5 nitrogen and oxygen atoms in total. The van der Waals surface area contributed by atoms with Crippen molar-refractivity contribution in [3.8, 4) is 0 Å². The Morgan fingerprint density at radius 1 is 1.62 bits per heavy atom. The topological polar surface area (TPSA) is 78.0 Å². The van der Waals surface area contributed by atoms with Crippen LogP contribution in [0.15, 0.2) is 12.4 Å². The summed E-state index contributed by atoms with van der Waals surface area (Å²) in [6, 6.07) is -0.241. The molecule has 0 aliphatic heterocycles. The van der Waals surface area contributed by atoms with Gasteiger partial charge in [-0.2, -0.15) is 0 Å². The Hall–Kier alpha value is -1.36. The van der Waals surface area contributed by atoms with Crippen LogP contribution in [0.25, 0.3) is 0 Å². The van der Waals surface area contributed by atoms with Gasteiger partial charge in [0.2, 0.25) is 5.91 Å². The SMILES string of the molecule is CC(=O)NC(C)C(O)CC(C)c1ncc[nH]1. The first kappa shape index (κ1) is 12.7. The predicted molar refractivity (Wildman–Crippen MR) is 60.9 cm³/mol. The molecule has 1 rings (SSSR count). The van der Waals surface area contributed by atoms with Crippen molar-refractivity contribution in [2.75, 3.05) is 0 Å². The molecule has 3 unspecified atom stereocenters. The number of hydrogen-bond acceptors (Lipinski definition) is 3. The summed E-state index contributed by atoms with van der Waals surface area (Å²) in [5.74, 6) is 0.868. The summed E-state index contributed by atoms with van der Waals surface area (Å²) < 4.78 is 0. The van der Waals surface area contributed by atoms with E-state index in [1.165, 1.54) is 6.92 Å². The fraction of sp³-hybridized carbons (Fsp3) is 0.636. The molecule has 0 fully saturated rings. The van der Waals surface area contributed by atoms with Gasteiger partial charge >= 0.3 is 0 Å². The Bertz CT molecular complexity index is 324. The summed E-state index contributed by atoms with van der Waals surface area (Å²) in [5, 5.41) is 12.6. The number of carbonyl (C=O) groups is 1. The monoisotopic (exact) mass is 225 g/mol. The number of imidazole rings is 1. The summed E-state index contributed by atoms with van der Waals surface area (Å²) in [4.78, 5) is 18.0. The zero-order chi connectivity index (χ0) is 12.1. The van der Waals surface area contributed by atoms with Gasteiger partial charge in [-0.1, -0.05) is 6.92 Å². The third kappa shape index (κ3) is 3.66. The maximum Gasteiger partial charge on any atom is 0.217 e. The second-order valence-corrected chi connectivity index (χ2v) is 4.17. The fourth-order valence-electron chi connectivity index (χ4n) is 1.64. The molecule has 0 aliphatic carbocycles. The van der Waals surface area contributed by atoms with Crippen molar-refractivity contribution in [2.45, 2.75) is 45.3 Å². The third-order valence-electron chi connectivity index (χ3n) is 2.59. The van der Waals surface area contributed by atoms with E-state index in [1.54, 1.807) is 19.3 Å². The van der Waals surface area contributed by atoms with Gasteiger partial charge in [-0.25, -0.2) is 4.98 Å². The van der Waals surface area contributed by atoms with Crippen LogP contribution in [0, 0.1) is 0 Å². The lowest BCUT2D eigenvalue weighted by molar-refractivity contribution is -0.120. The van der Waals surface area contributed by atoms with Gasteiger partial charge in [0.05, 0.1) is 12.1 Å². The Kier molecular flexibility index (Phi) is 4.49. The van der Waals surface area contributed by atoms with E-state index in [4.69, 9.17) is 0 Å². The average Bonchev–Trinajstić information content (AvgIpc) is 2.68. The fourth-order valence-corrected chi connectivity index (χ4v) is 1.64. The number of carbonyl (C=O) groups excluding carboxylic acids is 1. The Morgan fingerprint density at radius 3 is 2.81 bits per heavy atom. The van der Waals surface area contributed by atoms with E-state index in [2.05, 4.69) is 15.3 Å². The molecule has 0 radical (unpaired) electrons. The molecule has 3 N–H and O–H groups in total. The summed E-state index contributed by atoms with van der Waals surface area (Å²) >= 11 is 0. The smallest absolute Gasteiger partial charge is 0.217 e. The van der Waals surface area contributed by atoms with Gasteiger partial charge in [0.1, 0.15) is 5.82 Å². The van der Waals surface area contributed by atoms with Gasteiger partial charge in [0, 0.05) is 25.2 Å². The summed E-state index contributed by atoms with van der Waals surface area (Å²) in [5.41, 5.74) is 0. The number of aromatic amines is 1. The van der Waals surface area contributed by atoms with Gasteiger partial charge in [-0.15, -0.1) is 0 Å². The van der Waals surface area contributed by atoms with Crippen LogP contribution in [0.3, 0.4) is 0 Å². The van der Waals surface area contributed by atoms with Gasteiger partial charge in [-0.05, 0) is 13.3 Å². The number of H-pyrrole nitrogens is 1. The van der Waals surface area contributed by atoms with Crippen molar-refractivity contribution in [3.63, 3.8) is 0 Å². The number of aliphatic hydroxyl groups is 1. The molecule has 0 saturated carbocycles. The third-order valence-corrected chi connectivity index (χ3v) is 2.59. The zero-order valence-corrected chi connectivity index (χ0v) is 9.90. The molecule has 1 aromatic rings. The van der Waals surface area contributed by atoms with E-state index in [0.717, 1.165) is 5.82 Å². The van der Waals surface area contributed by atoms with Crippen LogP contribution in [-0.4, -0.2) is 33.1 Å². The number of nitrogens with zero attached hydrogens (tertiary/aromatic N) is 1. The average molecular weight is 225 g/mol. The van der Waals surface area contributed by atoms with Crippen LogP contribution >= 0.6 is 0 Å². The minimum atomic E-state index is -0.566. The van der Waals surface area contributed by atoms with Gasteiger partial charge in [0.15, 0.2) is 0 Å². The van der Waals surface area contributed by atoms with Crippen LogP contribution in [0.4, 0.5) is 0 Å². The summed E-state index contributed by atoms with van der Waals surface area (Å²) in [6.45, 7) is 5.22. The highest BCUT2D eigenvalue weighted by atomic mass is 16.3. The quantitative estimate of drug-likeness (QED) is 0.693. The maximum atomic E-state index is 10.8. The van der Waals surface area contributed by atoms with E-state index in [9.17, 15) is 9.90 Å². The molecular weight excluding hydrogens is 206 g/mol. The number of aliphatic hydroxyl groups excluding tert-OH is 1. The van der Waals surface area contributed by atoms with Crippen molar-refractivity contribution >= 4 is 5.91 Å². The first-order valence-corrected chi connectivity index (χ1v) is 5.45. The lowest BCUT2D eigenvalue weighted by Crippen LogP contribution is -2.40. The highest BCUT2D eigenvalue weighted by Gasteiger charge is 2.19. The van der Waals surface area contributed by atoms with Gasteiger partial charge in [0.25, 0.3) is 0 Å². The van der Waals surface area contributed by atoms with Crippen molar-refractivity contribution in [1.29, 1.82) is 0 Å². The van der Waals surface area contributed by atoms with Crippen LogP contribution < -0.4 is 5.32 Å².